The zero-order valence-corrected chi connectivity index (χ0v) is 13.1. The minimum Gasteiger partial charge on any atom is -0.497 e. The number of nitrogens with zero attached hydrogens (tertiary/aromatic N) is 1. The average Bonchev–Trinajstić information content (AvgIpc) is 2.54. The van der Waals surface area contributed by atoms with Crippen LogP contribution >= 0.6 is 0 Å². The molecule has 10 heteroatoms. The van der Waals surface area contributed by atoms with Crippen molar-refractivity contribution >= 4 is 27.4 Å². The molecule has 0 atom stereocenters. The SMILES string of the molecule is COc1ccc(S(=O)(=O)Nc2ccc(C(=O)O)cc2)c([N+](=O)[O-])c1. The summed E-state index contributed by atoms with van der Waals surface area (Å²) in [6, 6.07) is 8.26. The quantitative estimate of drug-likeness (QED) is 0.600. The number of sulfonamides is 1. The molecule has 2 aromatic carbocycles. The largest absolute Gasteiger partial charge is 0.497 e. The number of carboxylic acid groups (broad SMARTS) is 1. The van der Waals surface area contributed by atoms with Crippen molar-refractivity contribution in [3.63, 3.8) is 0 Å². The summed E-state index contributed by atoms with van der Waals surface area (Å²) < 4.78 is 31.8. The second-order valence-electron chi connectivity index (χ2n) is 4.58. The lowest BCUT2D eigenvalue weighted by Gasteiger charge is -2.09. The number of nitrogens with one attached hydrogen (secondary N) is 1. The highest BCUT2D eigenvalue weighted by Gasteiger charge is 2.26. The highest BCUT2D eigenvalue weighted by Crippen LogP contribution is 2.29. The Balaban J connectivity index is 2.40. The van der Waals surface area contributed by atoms with Gasteiger partial charge in [0.2, 0.25) is 0 Å². The molecule has 2 aromatic rings. The van der Waals surface area contributed by atoms with Crippen LogP contribution in [-0.4, -0.2) is 31.5 Å². The summed E-state index contributed by atoms with van der Waals surface area (Å²) in [5.41, 5.74) is -0.581. The van der Waals surface area contributed by atoms with Crippen molar-refractivity contribution in [3.05, 3.63) is 58.1 Å². The molecule has 0 aromatic heterocycles. The first-order valence-corrected chi connectivity index (χ1v) is 7.91. The van der Waals surface area contributed by atoms with E-state index < -0.39 is 31.5 Å². The summed E-state index contributed by atoms with van der Waals surface area (Å²) >= 11 is 0. The van der Waals surface area contributed by atoms with E-state index in [1.165, 1.54) is 37.4 Å². The molecule has 0 spiro atoms. The molecule has 2 N–H and O–H groups in total. The molecule has 126 valence electrons. The fourth-order valence-corrected chi connectivity index (χ4v) is 3.10. The maximum Gasteiger partial charge on any atom is 0.335 e. The fourth-order valence-electron chi connectivity index (χ4n) is 1.89. The van der Waals surface area contributed by atoms with E-state index in [4.69, 9.17) is 9.84 Å². The Morgan fingerprint density at radius 2 is 1.83 bits per heavy atom. The van der Waals surface area contributed by atoms with Crippen molar-refractivity contribution < 1.29 is 28.0 Å². The Morgan fingerprint density at radius 1 is 1.21 bits per heavy atom. The van der Waals surface area contributed by atoms with E-state index in [1.807, 2.05) is 0 Å². The number of aromatic carboxylic acids is 1. The third-order valence-corrected chi connectivity index (χ3v) is 4.47. The number of methoxy groups -OCH3 is 1. The number of rotatable bonds is 6. The first kappa shape index (κ1) is 17.2. The number of ether oxygens (including phenoxy) is 1. The van der Waals surface area contributed by atoms with E-state index in [2.05, 4.69) is 4.72 Å². The molecule has 9 nitrogen and oxygen atoms in total. The molecule has 0 heterocycles. The average molecular weight is 352 g/mol. The Bertz CT molecular complexity index is 892. The summed E-state index contributed by atoms with van der Waals surface area (Å²) in [5.74, 6) is -1.01. The summed E-state index contributed by atoms with van der Waals surface area (Å²) in [7, 11) is -2.94. The van der Waals surface area contributed by atoms with Gasteiger partial charge in [0.05, 0.1) is 23.7 Å². The van der Waals surface area contributed by atoms with Gasteiger partial charge in [0.1, 0.15) is 5.75 Å². The Morgan fingerprint density at radius 3 is 2.33 bits per heavy atom. The molecule has 24 heavy (non-hydrogen) atoms. The number of hydrogen-bond donors (Lipinski definition) is 2. The van der Waals surface area contributed by atoms with Crippen molar-refractivity contribution in [1.82, 2.24) is 0 Å². The molecule has 0 aliphatic rings. The van der Waals surface area contributed by atoms with Crippen molar-refractivity contribution in [2.75, 3.05) is 11.8 Å². The molecule has 0 aliphatic carbocycles. The van der Waals surface area contributed by atoms with Crippen LogP contribution in [0.25, 0.3) is 0 Å². The van der Waals surface area contributed by atoms with Gasteiger partial charge >= 0.3 is 5.97 Å². The molecule has 0 unspecified atom stereocenters. The fraction of sp³-hybridized carbons (Fsp3) is 0.0714. The van der Waals surface area contributed by atoms with E-state index in [0.717, 1.165) is 12.1 Å². The van der Waals surface area contributed by atoms with Gasteiger partial charge in [-0.25, -0.2) is 13.2 Å². The van der Waals surface area contributed by atoms with E-state index >= 15 is 0 Å². The molecular weight excluding hydrogens is 340 g/mol. The number of nitro benzene ring substituents is 1. The van der Waals surface area contributed by atoms with Crippen LogP contribution in [-0.2, 0) is 10.0 Å². The molecular formula is C14H12N2O7S. The monoisotopic (exact) mass is 352 g/mol. The highest BCUT2D eigenvalue weighted by molar-refractivity contribution is 7.92. The number of nitro groups is 1. The number of carboxylic acids is 1. The van der Waals surface area contributed by atoms with E-state index in [9.17, 15) is 23.3 Å². The molecule has 0 fully saturated rings. The van der Waals surface area contributed by atoms with Crippen LogP contribution in [0, 0.1) is 10.1 Å². The molecule has 0 amide bonds. The van der Waals surface area contributed by atoms with Gasteiger partial charge in [-0.05, 0) is 36.4 Å². The molecule has 0 radical (unpaired) electrons. The van der Waals surface area contributed by atoms with E-state index in [-0.39, 0.29) is 17.0 Å². The van der Waals surface area contributed by atoms with Crippen LogP contribution in [0.2, 0.25) is 0 Å². The van der Waals surface area contributed by atoms with Crippen LogP contribution in [0.5, 0.6) is 5.75 Å². The minimum atomic E-state index is -4.24. The van der Waals surface area contributed by atoms with E-state index in [1.54, 1.807) is 0 Å². The zero-order chi connectivity index (χ0) is 17.9. The van der Waals surface area contributed by atoms with Crippen molar-refractivity contribution in [1.29, 1.82) is 0 Å². The van der Waals surface area contributed by atoms with Gasteiger partial charge < -0.3 is 9.84 Å². The highest BCUT2D eigenvalue weighted by atomic mass is 32.2. The van der Waals surface area contributed by atoms with Gasteiger partial charge in [0.25, 0.3) is 15.7 Å². The first-order chi connectivity index (χ1) is 11.2. The van der Waals surface area contributed by atoms with Crippen LogP contribution in [0.15, 0.2) is 47.4 Å². The molecule has 0 saturated heterocycles. The summed E-state index contributed by atoms with van der Waals surface area (Å²) in [6.07, 6.45) is 0. The van der Waals surface area contributed by atoms with Crippen molar-refractivity contribution in [3.8, 4) is 5.75 Å². The lowest BCUT2D eigenvalue weighted by Crippen LogP contribution is -2.15. The Hall–Kier alpha value is -3.14. The zero-order valence-electron chi connectivity index (χ0n) is 12.3. The molecule has 0 bridgehead atoms. The molecule has 2 rings (SSSR count). The second kappa shape index (κ2) is 6.54. The predicted octanol–water partition coefficient (Wildman–Crippen LogP) is 2.10. The normalized spacial score (nSPS) is 10.9. The van der Waals surface area contributed by atoms with Crippen LogP contribution in [0.3, 0.4) is 0 Å². The minimum absolute atomic E-state index is 0.0200. The van der Waals surface area contributed by atoms with Crippen molar-refractivity contribution in [2.24, 2.45) is 0 Å². The summed E-state index contributed by atoms with van der Waals surface area (Å²) in [6.45, 7) is 0. The lowest BCUT2D eigenvalue weighted by molar-refractivity contribution is -0.387. The number of hydrogen-bond acceptors (Lipinski definition) is 6. The molecule has 0 saturated carbocycles. The van der Waals surface area contributed by atoms with Gasteiger partial charge in [-0.2, -0.15) is 0 Å². The third-order valence-electron chi connectivity index (χ3n) is 3.04. The Labute approximate surface area is 136 Å². The smallest absolute Gasteiger partial charge is 0.335 e. The Kier molecular flexibility index (Phi) is 4.69. The third kappa shape index (κ3) is 3.60. The van der Waals surface area contributed by atoms with Crippen LogP contribution in [0.4, 0.5) is 11.4 Å². The van der Waals surface area contributed by atoms with E-state index in [0.29, 0.717) is 0 Å². The van der Waals surface area contributed by atoms with Crippen molar-refractivity contribution in [2.45, 2.75) is 4.90 Å². The van der Waals surface area contributed by atoms with Gasteiger partial charge in [0.15, 0.2) is 4.90 Å². The number of anilines is 1. The first-order valence-electron chi connectivity index (χ1n) is 6.43. The standard InChI is InChI=1S/C14H12N2O7S/c1-23-11-6-7-13(12(8-11)16(19)20)24(21,22)15-10-4-2-9(3-5-10)14(17)18/h2-8,15H,1H3,(H,17,18). The topological polar surface area (TPSA) is 136 Å². The summed E-state index contributed by atoms with van der Waals surface area (Å²) in [5, 5.41) is 19.9. The summed E-state index contributed by atoms with van der Waals surface area (Å²) in [4.78, 5) is 20.5. The lowest BCUT2D eigenvalue weighted by atomic mass is 10.2. The second-order valence-corrected chi connectivity index (χ2v) is 6.23. The number of benzene rings is 2. The van der Waals surface area contributed by atoms with Crippen LogP contribution < -0.4 is 9.46 Å². The molecule has 0 aliphatic heterocycles. The van der Waals surface area contributed by atoms with Gasteiger partial charge in [-0.1, -0.05) is 0 Å². The van der Waals surface area contributed by atoms with Crippen LogP contribution in [0.1, 0.15) is 10.4 Å². The maximum atomic E-state index is 12.4. The van der Waals surface area contributed by atoms with Gasteiger partial charge in [0, 0.05) is 5.69 Å². The van der Waals surface area contributed by atoms with Gasteiger partial charge in [-0.3, -0.25) is 14.8 Å². The number of carbonyl (C=O) groups is 1. The predicted molar refractivity (Wildman–Crippen MR) is 83.9 cm³/mol. The van der Waals surface area contributed by atoms with Gasteiger partial charge in [-0.15, -0.1) is 0 Å². The maximum absolute atomic E-state index is 12.4.